The van der Waals surface area contributed by atoms with E-state index in [-0.39, 0.29) is 10.8 Å². The summed E-state index contributed by atoms with van der Waals surface area (Å²) in [4.78, 5) is 4.21. The summed E-state index contributed by atoms with van der Waals surface area (Å²) in [5, 5.41) is 9.39. The molecule has 5 nitrogen and oxygen atoms in total. The van der Waals surface area contributed by atoms with E-state index in [1.807, 2.05) is 14.1 Å². The van der Waals surface area contributed by atoms with Crippen LogP contribution in [0.5, 0.6) is 0 Å². The summed E-state index contributed by atoms with van der Waals surface area (Å²) in [5.41, 5.74) is 11.1. The van der Waals surface area contributed by atoms with Crippen LogP contribution in [-0.2, 0) is 15.6 Å². The lowest BCUT2D eigenvalue weighted by molar-refractivity contribution is 0.198. The molecule has 3 fully saturated rings. The van der Waals surface area contributed by atoms with Crippen molar-refractivity contribution in [1.82, 2.24) is 0 Å². The number of hydrogen-bond donors (Lipinski definition) is 1. The highest BCUT2D eigenvalue weighted by Crippen LogP contribution is 2.41. The predicted octanol–water partition coefficient (Wildman–Crippen LogP) is 6.41. The second-order valence-corrected chi connectivity index (χ2v) is 11.3. The Balaban J connectivity index is 0.000000173. The zero-order valence-electron chi connectivity index (χ0n) is 23.6. The Kier molecular flexibility index (Phi) is 10.9. The second-order valence-electron chi connectivity index (χ2n) is 11.3. The summed E-state index contributed by atoms with van der Waals surface area (Å²) in [6.07, 6.45) is 12.1. The summed E-state index contributed by atoms with van der Waals surface area (Å²) in [6.45, 7) is 2.79. The third kappa shape index (κ3) is 7.49. The maximum Gasteiger partial charge on any atom is 0.0822 e. The van der Waals surface area contributed by atoms with E-state index in [0.29, 0.717) is 0 Å². The minimum atomic E-state index is -0.204. The summed E-state index contributed by atoms with van der Waals surface area (Å²) >= 11 is 0. The molecule has 0 aromatic heterocycles. The largest absolute Gasteiger partial charge is 0.381 e. The predicted molar refractivity (Wildman–Crippen MR) is 157 cm³/mol. The van der Waals surface area contributed by atoms with Crippen LogP contribution in [0.2, 0.25) is 0 Å². The number of nitrogens with zero attached hydrogens (tertiary/aromatic N) is 3. The van der Waals surface area contributed by atoms with Gasteiger partial charge in [0, 0.05) is 64.7 Å². The van der Waals surface area contributed by atoms with Crippen molar-refractivity contribution in [2.45, 2.75) is 75.0 Å². The molecule has 37 heavy (non-hydrogen) atoms. The number of benzene rings is 2. The Morgan fingerprint density at radius 2 is 1.14 bits per heavy atom. The molecular formula is C32H48N4O. The zero-order valence-corrected chi connectivity index (χ0v) is 23.6. The van der Waals surface area contributed by atoms with Crippen molar-refractivity contribution in [2.24, 2.45) is 5.73 Å². The monoisotopic (exact) mass is 504 g/mol. The van der Waals surface area contributed by atoms with Crippen LogP contribution >= 0.6 is 0 Å². The third-order valence-electron chi connectivity index (χ3n) is 8.38. The van der Waals surface area contributed by atoms with E-state index in [1.165, 1.54) is 73.9 Å². The summed E-state index contributed by atoms with van der Waals surface area (Å²) in [7, 11) is 8.21. The van der Waals surface area contributed by atoms with Crippen LogP contribution in [-0.4, -0.2) is 47.9 Å². The van der Waals surface area contributed by atoms with E-state index >= 15 is 0 Å². The van der Waals surface area contributed by atoms with Gasteiger partial charge in [0.15, 0.2) is 0 Å². The van der Waals surface area contributed by atoms with Crippen molar-refractivity contribution < 1.29 is 4.74 Å². The first-order valence-corrected chi connectivity index (χ1v) is 14.1. The summed E-state index contributed by atoms with van der Waals surface area (Å²) in [6, 6.07) is 19.9. The Morgan fingerprint density at radius 1 is 0.703 bits per heavy atom. The van der Waals surface area contributed by atoms with Crippen molar-refractivity contribution in [2.75, 3.05) is 57.7 Å². The first kappa shape index (κ1) is 29.0. The number of nitriles is 1. The molecule has 2 aliphatic carbocycles. The van der Waals surface area contributed by atoms with E-state index in [9.17, 15) is 5.26 Å². The van der Waals surface area contributed by atoms with E-state index < -0.39 is 0 Å². The Bertz CT molecular complexity index is 952. The van der Waals surface area contributed by atoms with Crippen LogP contribution in [0, 0.1) is 11.3 Å². The number of rotatable bonds is 5. The molecule has 2 aromatic rings. The molecule has 1 saturated heterocycles. The topological polar surface area (TPSA) is 65.5 Å². The quantitative estimate of drug-likeness (QED) is 0.510. The standard InChI is InChI=1S/C14H22N2.C14H18N2.C4H8O/c2*1-16(2)13-7-5-12(6-8-13)14(11-15)9-3-4-10-14;1-2-4-5-3-1/h5-8H,3-4,9-11,15H2,1-2H3;5-8H,3-4,9-10H2,1-2H3;1-4H2. The lowest BCUT2D eigenvalue weighted by Gasteiger charge is -2.28. The molecule has 0 amide bonds. The molecule has 2 saturated carbocycles. The van der Waals surface area contributed by atoms with Crippen LogP contribution in [0.3, 0.4) is 0 Å². The second kappa shape index (κ2) is 13.8. The van der Waals surface area contributed by atoms with Gasteiger partial charge >= 0.3 is 0 Å². The number of ether oxygens (including phenoxy) is 1. The molecule has 0 atom stereocenters. The first-order valence-electron chi connectivity index (χ1n) is 14.1. The molecule has 1 aliphatic heterocycles. The summed E-state index contributed by atoms with van der Waals surface area (Å²) in [5.74, 6) is 0. The normalized spacial score (nSPS) is 19.1. The Morgan fingerprint density at radius 3 is 1.49 bits per heavy atom. The molecule has 2 N–H and O–H groups in total. The van der Waals surface area contributed by atoms with Gasteiger partial charge in [-0.2, -0.15) is 5.26 Å². The van der Waals surface area contributed by atoms with Crippen LogP contribution in [0.25, 0.3) is 0 Å². The van der Waals surface area contributed by atoms with Gasteiger partial charge in [-0.15, -0.1) is 0 Å². The van der Waals surface area contributed by atoms with Gasteiger partial charge in [0.2, 0.25) is 0 Å². The average molecular weight is 505 g/mol. The van der Waals surface area contributed by atoms with Crippen molar-refractivity contribution in [3.8, 4) is 6.07 Å². The molecule has 0 spiro atoms. The van der Waals surface area contributed by atoms with Gasteiger partial charge in [0.05, 0.1) is 11.5 Å². The molecule has 5 heteroatoms. The van der Waals surface area contributed by atoms with Gasteiger partial charge in [-0.3, -0.25) is 0 Å². The number of nitrogens with two attached hydrogens (primary N) is 1. The molecule has 0 radical (unpaired) electrons. The Hall–Kier alpha value is -2.55. The average Bonchev–Trinajstić information content (AvgIpc) is 3.73. The molecule has 202 valence electrons. The molecule has 3 aliphatic rings. The van der Waals surface area contributed by atoms with Gasteiger partial charge in [-0.05, 0) is 73.9 Å². The highest BCUT2D eigenvalue weighted by molar-refractivity contribution is 5.49. The van der Waals surface area contributed by atoms with Gasteiger partial charge < -0.3 is 20.3 Å². The van der Waals surface area contributed by atoms with E-state index in [2.05, 4.69) is 78.5 Å². The van der Waals surface area contributed by atoms with Crippen molar-refractivity contribution in [1.29, 1.82) is 5.26 Å². The van der Waals surface area contributed by atoms with Gasteiger partial charge in [-0.1, -0.05) is 49.9 Å². The third-order valence-corrected chi connectivity index (χ3v) is 8.38. The maximum absolute atomic E-state index is 9.39. The Labute approximate surface area is 225 Å². The maximum atomic E-state index is 9.39. The molecule has 5 rings (SSSR count). The number of anilines is 2. The smallest absolute Gasteiger partial charge is 0.0822 e. The first-order chi connectivity index (χ1) is 17.9. The molecule has 2 aromatic carbocycles. The molecular weight excluding hydrogens is 456 g/mol. The van der Waals surface area contributed by atoms with Gasteiger partial charge in [-0.25, -0.2) is 0 Å². The minimum absolute atomic E-state index is 0.204. The van der Waals surface area contributed by atoms with Crippen LogP contribution in [0.1, 0.15) is 75.3 Å². The van der Waals surface area contributed by atoms with Gasteiger partial charge in [0.1, 0.15) is 0 Å². The SMILES string of the molecule is C1CCOC1.CN(C)c1ccc(C2(C#N)CCCC2)cc1.CN(C)c1ccc(C2(CN)CCCC2)cc1. The van der Waals surface area contributed by atoms with Crippen LogP contribution in [0.15, 0.2) is 48.5 Å². The van der Waals surface area contributed by atoms with E-state index in [4.69, 9.17) is 10.5 Å². The van der Waals surface area contributed by atoms with Crippen LogP contribution in [0.4, 0.5) is 11.4 Å². The van der Waals surface area contributed by atoms with Crippen molar-refractivity contribution in [3.05, 3.63) is 59.7 Å². The lowest BCUT2D eigenvalue weighted by Crippen LogP contribution is -2.31. The van der Waals surface area contributed by atoms with Crippen molar-refractivity contribution in [3.63, 3.8) is 0 Å². The summed E-state index contributed by atoms with van der Waals surface area (Å²) < 4.78 is 4.94. The molecule has 1 heterocycles. The number of hydrogen-bond acceptors (Lipinski definition) is 5. The highest BCUT2D eigenvalue weighted by Gasteiger charge is 2.36. The van der Waals surface area contributed by atoms with E-state index in [1.54, 1.807) is 0 Å². The van der Waals surface area contributed by atoms with Crippen LogP contribution < -0.4 is 15.5 Å². The highest BCUT2D eigenvalue weighted by atomic mass is 16.5. The zero-order chi connectivity index (χ0) is 26.7. The minimum Gasteiger partial charge on any atom is -0.381 e. The van der Waals surface area contributed by atoms with Crippen molar-refractivity contribution >= 4 is 11.4 Å². The fraction of sp³-hybridized carbons (Fsp3) is 0.594. The lowest BCUT2D eigenvalue weighted by atomic mass is 9.79. The van der Waals surface area contributed by atoms with E-state index in [0.717, 1.165) is 32.6 Å². The fourth-order valence-electron chi connectivity index (χ4n) is 5.81. The molecule has 0 bridgehead atoms. The molecule has 0 unspecified atom stereocenters. The van der Waals surface area contributed by atoms with Gasteiger partial charge in [0.25, 0.3) is 0 Å². The fourth-order valence-corrected chi connectivity index (χ4v) is 5.81.